The smallest absolute Gasteiger partial charge is 0.344 e. The average Bonchev–Trinajstić information content (AvgIpc) is 3.00. The molecule has 110 valence electrons. The van der Waals surface area contributed by atoms with Gasteiger partial charge in [0.25, 0.3) is 0 Å². The van der Waals surface area contributed by atoms with Crippen LogP contribution in [0.5, 0.6) is 0 Å². The van der Waals surface area contributed by atoms with E-state index in [0.29, 0.717) is 0 Å². The van der Waals surface area contributed by atoms with Crippen LogP contribution in [0.1, 0.15) is 33.4 Å². The molecule has 2 aliphatic rings. The van der Waals surface area contributed by atoms with Gasteiger partial charge in [0.1, 0.15) is 0 Å². The third-order valence-corrected chi connectivity index (χ3v) is 3.97. The normalized spacial score (nSPS) is 13.0. The molecule has 0 saturated heterocycles. The first kappa shape index (κ1) is 25.2. The maximum Gasteiger partial charge on any atom is 2.00 e. The first-order valence-electron chi connectivity index (χ1n) is 6.16. The van der Waals surface area contributed by atoms with E-state index < -0.39 is 0 Å². The van der Waals surface area contributed by atoms with Gasteiger partial charge in [0, 0.05) is 42.1 Å². The van der Waals surface area contributed by atoms with Crippen LogP contribution in [-0.4, -0.2) is 0 Å². The second-order valence-electron chi connectivity index (χ2n) is 4.94. The molecule has 0 spiro atoms. The summed E-state index contributed by atoms with van der Waals surface area (Å²) in [5.41, 5.74) is 9.89. The van der Waals surface area contributed by atoms with Gasteiger partial charge < -0.3 is 25.3 Å². The van der Waals surface area contributed by atoms with E-state index in [1.54, 1.807) is 12.2 Å². The summed E-state index contributed by atoms with van der Waals surface area (Å²) in [4.78, 5) is 0. The Morgan fingerprint density at radius 3 is 1.36 bits per heavy atom. The Morgan fingerprint density at radius 2 is 1.09 bits per heavy atom. The minimum absolute atomic E-state index is 0. The van der Waals surface area contributed by atoms with Crippen molar-refractivity contribution in [1.29, 1.82) is 0 Å². The van der Waals surface area contributed by atoms with E-state index in [0.717, 1.165) is 24.0 Å². The van der Waals surface area contributed by atoms with Gasteiger partial charge in [0.05, 0.1) is 0 Å². The van der Waals surface area contributed by atoms with Crippen LogP contribution in [-0.2, 0) is 97.1 Å². The van der Waals surface area contributed by atoms with Crippen molar-refractivity contribution in [3.05, 3.63) is 82.0 Å². The van der Waals surface area contributed by atoms with Crippen molar-refractivity contribution in [3.63, 3.8) is 0 Å². The molecule has 0 heterocycles. The van der Waals surface area contributed by atoms with E-state index in [9.17, 15) is 0 Å². The van der Waals surface area contributed by atoms with E-state index in [4.69, 9.17) is 13.2 Å². The van der Waals surface area contributed by atoms with Gasteiger partial charge in [-0.15, -0.1) is 12.8 Å². The molecular formula is C18H14W4. The van der Waals surface area contributed by atoms with Crippen LogP contribution in [0.4, 0.5) is 0 Å². The molecule has 0 atom stereocenters. The van der Waals surface area contributed by atoms with Crippen molar-refractivity contribution in [3.8, 4) is 0 Å². The molecule has 1 aromatic carbocycles. The van der Waals surface area contributed by atoms with E-state index >= 15 is 0 Å². The minimum Gasteiger partial charge on any atom is -0.344 e. The second kappa shape index (κ2) is 10.0. The summed E-state index contributed by atoms with van der Waals surface area (Å²) in [6.07, 6.45) is 11.9. The van der Waals surface area contributed by atoms with Crippen LogP contribution in [0.15, 0.2) is 23.3 Å². The van der Waals surface area contributed by atoms with Crippen molar-refractivity contribution >= 4 is 0 Å². The molecule has 0 nitrogen and oxygen atoms in total. The third kappa shape index (κ3) is 4.12. The van der Waals surface area contributed by atoms with Gasteiger partial charge in [0.15, 0.2) is 0 Å². The van der Waals surface area contributed by atoms with Crippen molar-refractivity contribution in [1.82, 2.24) is 0 Å². The molecule has 0 saturated carbocycles. The summed E-state index contributed by atoms with van der Waals surface area (Å²) in [7, 11) is 0. The number of hydrogen-bond donors (Lipinski definition) is 0. The summed E-state index contributed by atoms with van der Waals surface area (Å²) in [6, 6.07) is 0. The summed E-state index contributed by atoms with van der Waals surface area (Å²) < 4.78 is 0. The molecule has 4 heteroatoms. The Kier molecular flexibility index (Phi) is 11.5. The second-order valence-corrected chi connectivity index (χ2v) is 4.94. The fourth-order valence-corrected chi connectivity index (χ4v) is 2.90. The van der Waals surface area contributed by atoms with E-state index in [2.05, 4.69) is 26.0 Å². The van der Waals surface area contributed by atoms with Crippen LogP contribution in [0.2, 0.25) is 0 Å². The third-order valence-electron chi connectivity index (χ3n) is 3.97. The molecule has 2 aliphatic carbocycles. The van der Waals surface area contributed by atoms with E-state index in [-0.39, 0.29) is 84.3 Å². The minimum atomic E-state index is 0. The molecule has 0 amide bonds. The fraction of sp³-hybridized carbons (Fsp3) is 0.222. The summed E-state index contributed by atoms with van der Waals surface area (Å²) in [6.45, 7) is 15.5. The predicted octanol–water partition coefficient (Wildman–Crippen LogP) is 3.54. The maximum atomic E-state index is 5.61. The van der Waals surface area contributed by atoms with Gasteiger partial charge in [-0.25, -0.2) is 12.2 Å². The van der Waals surface area contributed by atoms with Crippen LogP contribution < -0.4 is 0 Å². The zero-order valence-corrected chi connectivity index (χ0v) is 24.1. The zero-order valence-electron chi connectivity index (χ0n) is 12.4. The average molecular weight is 966 g/mol. The van der Waals surface area contributed by atoms with E-state index in [1.807, 2.05) is 0 Å². The summed E-state index contributed by atoms with van der Waals surface area (Å²) >= 11 is 0. The van der Waals surface area contributed by atoms with E-state index in [1.165, 1.54) is 33.4 Å². The van der Waals surface area contributed by atoms with Gasteiger partial charge in [-0.1, -0.05) is 13.8 Å². The van der Waals surface area contributed by atoms with Gasteiger partial charge in [-0.3, -0.25) is 11.1 Å². The van der Waals surface area contributed by atoms with Gasteiger partial charge in [-0.05, 0) is 0 Å². The summed E-state index contributed by atoms with van der Waals surface area (Å²) in [5.74, 6) is 0. The number of fused-ring (bicyclic) bond motifs is 2. The quantitative estimate of drug-likeness (QED) is 0.399. The first-order valence-corrected chi connectivity index (χ1v) is 6.16. The van der Waals surface area contributed by atoms with Crippen LogP contribution in [0, 0.1) is 39.2 Å². The number of benzene rings is 1. The van der Waals surface area contributed by atoms with Crippen LogP contribution >= 0.6 is 0 Å². The molecule has 0 bridgehead atoms. The molecule has 0 aromatic heterocycles. The zero-order chi connectivity index (χ0) is 12.9. The Bertz CT molecular complexity index is 594. The standard InChI is InChI=1S/C18H14.4W/c1-5-13-7-15-11(3)17-9-14(6-2)10-18(17)12(4)16(15)8-13;;;;/h1-2,5-6H,7,10H2,3-4H3;;;;/q-4;;;2*+2. The molecular weight excluding hydrogens is 952 g/mol. The van der Waals surface area contributed by atoms with Crippen molar-refractivity contribution in [2.75, 3.05) is 0 Å². The number of hydrogen-bond acceptors (Lipinski definition) is 0. The number of rotatable bonds is 2. The molecule has 1 aromatic rings. The topological polar surface area (TPSA) is 0 Å². The van der Waals surface area contributed by atoms with Crippen molar-refractivity contribution in [2.45, 2.75) is 26.7 Å². The van der Waals surface area contributed by atoms with Crippen molar-refractivity contribution in [2.24, 2.45) is 0 Å². The molecule has 0 aliphatic heterocycles. The van der Waals surface area contributed by atoms with Gasteiger partial charge >= 0.3 is 42.1 Å². The monoisotopic (exact) mass is 966 g/mol. The molecule has 0 radical (unpaired) electrons. The Labute approximate surface area is 191 Å². The van der Waals surface area contributed by atoms with Crippen LogP contribution in [0.3, 0.4) is 0 Å². The molecule has 0 fully saturated rings. The largest absolute Gasteiger partial charge is 2.00 e. The first-order chi connectivity index (χ1) is 8.65. The molecule has 0 N–H and O–H groups in total. The molecule has 3 rings (SSSR count). The molecule has 22 heavy (non-hydrogen) atoms. The summed E-state index contributed by atoms with van der Waals surface area (Å²) in [5, 5.41) is 0. The molecule has 0 unspecified atom stereocenters. The van der Waals surface area contributed by atoms with Gasteiger partial charge in [0.2, 0.25) is 0 Å². The van der Waals surface area contributed by atoms with Crippen LogP contribution in [0.25, 0.3) is 0 Å². The van der Waals surface area contributed by atoms with Crippen molar-refractivity contribution < 1.29 is 84.3 Å². The Morgan fingerprint density at radius 1 is 0.773 bits per heavy atom. The SMILES string of the molecule is [CH-]=CC1=[C-]c2c(C)c3c(c(C)c2C1)[C-]=C(C=[CH-])C3.[W+2].[W+2].[W].[W]. The van der Waals surface area contributed by atoms with Gasteiger partial charge in [-0.2, -0.15) is 33.4 Å². The fourth-order valence-electron chi connectivity index (χ4n) is 2.90. The number of allylic oxidation sites excluding steroid dienone is 4. The Hall–Kier alpha value is 0.933. The Balaban J connectivity index is 0. The predicted molar refractivity (Wildman–Crippen MR) is 72.8 cm³/mol. The maximum absolute atomic E-state index is 5.61.